The molecular weight excluding hydrogens is 278 g/mol. The maximum absolute atomic E-state index is 13.1. The Morgan fingerprint density at radius 3 is 2.90 bits per heavy atom. The van der Waals surface area contributed by atoms with Crippen molar-refractivity contribution in [2.75, 3.05) is 5.32 Å². The van der Waals surface area contributed by atoms with E-state index in [4.69, 9.17) is 0 Å². The van der Waals surface area contributed by atoms with Crippen molar-refractivity contribution in [3.8, 4) is 5.75 Å². The number of carbonyl (C=O) groups excluding carboxylic acids is 1. The Bertz CT molecular complexity index is 801. The normalized spacial score (nSPS) is 10.7. The average Bonchev–Trinajstić information content (AvgIpc) is 2.80. The molecule has 100 valence electrons. The van der Waals surface area contributed by atoms with E-state index in [9.17, 15) is 14.3 Å². The van der Waals surface area contributed by atoms with Crippen LogP contribution in [0.4, 0.5) is 9.52 Å². The van der Waals surface area contributed by atoms with Gasteiger partial charge in [0.25, 0.3) is 5.91 Å². The van der Waals surface area contributed by atoms with Crippen LogP contribution in [0.25, 0.3) is 10.2 Å². The minimum absolute atomic E-state index is 0.143. The highest BCUT2D eigenvalue weighted by Gasteiger charge is 2.10. The van der Waals surface area contributed by atoms with E-state index in [1.807, 2.05) is 0 Å². The van der Waals surface area contributed by atoms with E-state index >= 15 is 0 Å². The zero-order chi connectivity index (χ0) is 14.1. The van der Waals surface area contributed by atoms with Gasteiger partial charge in [-0.15, -0.1) is 0 Å². The molecule has 0 aliphatic heterocycles. The van der Waals surface area contributed by atoms with Gasteiger partial charge in [0.1, 0.15) is 11.6 Å². The average molecular weight is 287 g/mol. The van der Waals surface area contributed by atoms with Crippen molar-refractivity contribution in [2.24, 2.45) is 0 Å². The predicted molar refractivity (Wildman–Crippen MR) is 75.6 cm³/mol. The van der Waals surface area contributed by atoms with E-state index in [0.717, 1.165) is 10.8 Å². The van der Waals surface area contributed by atoms with Crippen molar-refractivity contribution in [2.45, 2.75) is 0 Å². The second-order valence-electron chi connectivity index (χ2n) is 4.14. The summed E-state index contributed by atoms with van der Waals surface area (Å²) in [6.45, 7) is 0. The summed E-state index contributed by atoms with van der Waals surface area (Å²) < 4.78 is 13.8. The van der Waals surface area contributed by atoms with E-state index < -0.39 is 11.7 Å². The summed E-state index contributed by atoms with van der Waals surface area (Å²) in [5.74, 6) is -0.746. The van der Waals surface area contributed by atoms with Crippen LogP contribution in [0.5, 0.6) is 5.75 Å². The maximum atomic E-state index is 13.1. The Hall–Kier alpha value is -2.47. The van der Waals surface area contributed by atoms with Gasteiger partial charge in [-0.05, 0) is 36.4 Å². The van der Waals surface area contributed by atoms with Crippen molar-refractivity contribution in [3.05, 3.63) is 53.8 Å². The molecule has 0 saturated carbocycles. The van der Waals surface area contributed by atoms with Gasteiger partial charge in [0.15, 0.2) is 5.13 Å². The Balaban J connectivity index is 1.87. The van der Waals surface area contributed by atoms with Crippen LogP contribution < -0.4 is 5.32 Å². The summed E-state index contributed by atoms with van der Waals surface area (Å²) in [6.07, 6.45) is 0. The second kappa shape index (κ2) is 4.90. The Morgan fingerprint density at radius 1 is 1.25 bits per heavy atom. The second-order valence-corrected chi connectivity index (χ2v) is 5.17. The fourth-order valence-electron chi connectivity index (χ4n) is 1.77. The lowest BCUT2D eigenvalue weighted by atomic mass is 10.2. The van der Waals surface area contributed by atoms with Crippen LogP contribution >= 0.6 is 11.3 Å². The molecule has 0 radical (unpaired) electrons. The number of halogens is 1. The molecule has 20 heavy (non-hydrogen) atoms. The third-order valence-corrected chi connectivity index (χ3v) is 3.61. The molecule has 0 fully saturated rings. The van der Waals surface area contributed by atoms with E-state index in [-0.39, 0.29) is 11.3 Å². The monoisotopic (exact) mass is 287 g/mol. The number of nitrogens with one attached hydrogen (secondary N) is 1. The summed E-state index contributed by atoms with van der Waals surface area (Å²) in [7, 11) is 0. The number of nitrogens with zero attached hydrogens (tertiary/aromatic N) is 1. The number of thiazole rings is 1. The molecule has 0 saturated heterocycles. The SMILES string of the molecule is O=C(Nc1nc2ccc(O)cc2s1)c1cccc([18F])c1. The van der Waals surface area contributed by atoms with Gasteiger partial charge in [-0.3, -0.25) is 10.1 Å². The van der Waals surface area contributed by atoms with E-state index in [1.54, 1.807) is 12.1 Å². The molecule has 0 spiro atoms. The van der Waals surface area contributed by atoms with Gasteiger partial charge >= 0.3 is 0 Å². The predicted octanol–water partition coefficient (Wildman–Crippen LogP) is 3.39. The van der Waals surface area contributed by atoms with Gasteiger partial charge in [0.2, 0.25) is 0 Å². The Labute approximate surface area is 117 Å². The van der Waals surface area contributed by atoms with Gasteiger partial charge < -0.3 is 5.11 Å². The molecule has 3 aromatic rings. The first-order valence-electron chi connectivity index (χ1n) is 5.78. The molecule has 6 heteroatoms. The summed E-state index contributed by atoms with van der Waals surface area (Å²) in [5, 5.41) is 12.4. The highest BCUT2D eigenvalue weighted by Crippen LogP contribution is 2.28. The number of aromatic nitrogens is 1. The highest BCUT2D eigenvalue weighted by molar-refractivity contribution is 7.22. The number of carbonyl (C=O) groups is 1. The third kappa shape index (κ3) is 2.46. The number of benzene rings is 2. The van der Waals surface area contributed by atoms with E-state index in [2.05, 4.69) is 10.3 Å². The standard InChI is InChI=1S/C14H9FN2O2S/c15-9-3-1-2-8(6-9)13(19)17-14-16-11-5-4-10(18)7-12(11)20-14/h1-7,18H,(H,16,17,19)/i15-1. The number of phenolic OH excluding ortho intramolecular Hbond substituents is 1. The van der Waals surface area contributed by atoms with E-state index in [0.29, 0.717) is 10.6 Å². The van der Waals surface area contributed by atoms with Crippen LogP contribution in [-0.4, -0.2) is 16.0 Å². The third-order valence-electron chi connectivity index (χ3n) is 2.68. The fourth-order valence-corrected chi connectivity index (χ4v) is 2.66. The maximum Gasteiger partial charge on any atom is 0.257 e. The van der Waals surface area contributed by atoms with Crippen molar-refractivity contribution in [1.29, 1.82) is 0 Å². The number of rotatable bonds is 2. The summed E-state index contributed by atoms with van der Waals surface area (Å²) in [5.41, 5.74) is 0.912. The molecule has 2 N–H and O–H groups in total. The van der Waals surface area contributed by atoms with E-state index in [1.165, 1.54) is 35.6 Å². The van der Waals surface area contributed by atoms with Crippen LogP contribution in [-0.2, 0) is 0 Å². The zero-order valence-electron chi connectivity index (χ0n) is 10.1. The largest absolute Gasteiger partial charge is 0.508 e. The summed E-state index contributed by atoms with van der Waals surface area (Å²) in [4.78, 5) is 16.2. The smallest absolute Gasteiger partial charge is 0.257 e. The number of phenols is 1. The van der Waals surface area contributed by atoms with Gasteiger partial charge in [-0.2, -0.15) is 0 Å². The number of hydrogen-bond donors (Lipinski definition) is 2. The van der Waals surface area contributed by atoms with Crippen molar-refractivity contribution >= 4 is 32.6 Å². The number of hydrogen-bond acceptors (Lipinski definition) is 4. The number of fused-ring (bicyclic) bond motifs is 1. The first kappa shape index (κ1) is 12.6. The highest BCUT2D eigenvalue weighted by atomic mass is 32.1. The molecule has 3 rings (SSSR count). The molecular formula is C14H9FN2O2S. The molecule has 0 unspecified atom stereocenters. The quantitative estimate of drug-likeness (QED) is 0.759. The van der Waals surface area contributed by atoms with Crippen molar-refractivity contribution in [3.63, 3.8) is 0 Å². The first-order valence-corrected chi connectivity index (χ1v) is 6.60. The number of anilines is 1. The Morgan fingerprint density at radius 2 is 2.10 bits per heavy atom. The molecule has 4 nitrogen and oxygen atoms in total. The minimum atomic E-state index is -0.466. The van der Waals surface area contributed by atoms with Crippen LogP contribution in [0, 0.1) is 5.82 Å². The molecule has 0 bridgehead atoms. The molecule has 2 aromatic carbocycles. The molecule has 0 aliphatic rings. The minimum Gasteiger partial charge on any atom is -0.508 e. The zero-order valence-corrected chi connectivity index (χ0v) is 10.9. The number of amides is 1. The first-order chi connectivity index (χ1) is 9.61. The van der Waals surface area contributed by atoms with Crippen LogP contribution in [0.15, 0.2) is 42.5 Å². The van der Waals surface area contributed by atoms with Crippen molar-refractivity contribution in [1.82, 2.24) is 4.98 Å². The number of aromatic hydroxyl groups is 1. The summed E-state index contributed by atoms with van der Waals surface area (Å²) in [6, 6.07) is 10.2. The van der Waals surface area contributed by atoms with Gasteiger partial charge in [-0.25, -0.2) is 9.37 Å². The molecule has 1 amide bonds. The van der Waals surface area contributed by atoms with Crippen molar-refractivity contribution < 1.29 is 14.3 Å². The lowest BCUT2D eigenvalue weighted by Gasteiger charge is -2.00. The van der Waals surface area contributed by atoms with Crippen LogP contribution in [0.2, 0.25) is 0 Å². The summed E-state index contributed by atoms with van der Waals surface area (Å²) >= 11 is 1.24. The lowest BCUT2D eigenvalue weighted by molar-refractivity contribution is 0.102. The van der Waals surface area contributed by atoms with Crippen LogP contribution in [0.3, 0.4) is 0 Å². The van der Waals surface area contributed by atoms with Gasteiger partial charge in [0, 0.05) is 5.56 Å². The Kier molecular flexibility index (Phi) is 3.08. The molecule has 0 atom stereocenters. The lowest BCUT2D eigenvalue weighted by Crippen LogP contribution is -2.11. The molecule has 1 heterocycles. The fraction of sp³-hybridized carbons (Fsp3) is 0. The molecule has 0 aliphatic carbocycles. The van der Waals surface area contributed by atoms with Crippen LogP contribution in [0.1, 0.15) is 10.4 Å². The van der Waals surface area contributed by atoms with Gasteiger partial charge in [0.05, 0.1) is 10.2 Å². The topological polar surface area (TPSA) is 62.2 Å². The molecule has 1 aromatic heterocycles. The van der Waals surface area contributed by atoms with Gasteiger partial charge in [-0.1, -0.05) is 17.4 Å².